The first-order chi connectivity index (χ1) is 13.3. The van der Waals surface area contributed by atoms with Crippen LogP contribution < -0.4 is 15.5 Å². The van der Waals surface area contributed by atoms with Gasteiger partial charge in [0.2, 0.25) is 0 Å². The standard InChI is InChI=1S/C20H21N5O2/c26-20(17-5-4-14-27-17)22-19-11-10-18(23-24-19)21-15-6-8-16(9-7-15)25-12-2-1-3-13-25/h4-11,14H,1-3,12-13H2,(H,21,23)(H,22,24,26). The van der Waals surface area contributed by atoms with Crippen molar-refractivity contribution < 1.29 is 9.21 Å². The number of anilines is 4. The van der Waals surface area contributed by atoms with Crippen LogP contribution in [0.25, 0.3) is 0 Å². The summed E-state index contributed by atoms with van der Waals surface area (Å²) in [6.07, 6.45) is 5.30. The lowest BCUT2D eigenvalue weighted by atomic mass is 10.1. The van der Waals surface area contributed by atoms with Gasteiger partial charge in [0.15, 0.2) is 17.4 Å². The van der Waals surface area contributed by atoms with Crippen LogP contribution in [0.3, 0.4) is 0 Å². The molecule has 138 valence electrons. The van der Waals surface area contributed by atoms with Crippen molar-refractivity contribution in [3.8, 4) is 0 Å². The Bertz CT molecular complexity index is 870. The summed E-state index contributed by atoms with van der Waals surface area (Å²) in [5.41, 5.74) is 2.19. The van der Waals surface area contributed by atoms with Gasteiger partial charge in [-0.05, 0) is 67.8 Å². The molecule has 0 unspecified atom stereocenters. The number of rotatable bonds is 5. The van der Waals surface area contributed by atoms with Crippen molar-refractivity contribution in [2.24, 2.45) is 0 Å². The third-order valence-corrected chi connectivity index (χ3v) is 4.51. The largest absolute Gasteiger partial charge is 0.459 e. The predicted octanol–water partition coefficient (Wildman–Crippen LogP) is 4.06. The molecular formula is C20H21N5O2. The molecule has 0 atom stereocenters. The second kappa shape index (κ2) is 7.90. The third-order valence-electron chi connectivity index (χ3n) is 4.51. The molecule has 0 saturated carbocycles. The maximum Gasteiger partial charge on any atom is 0.292 e. The minimum atomic E-state index is -0.358. The number of carbonyl (C=O) groups excluding carboxylic acids is 1. The monoisotopic (exact) mass is 363 g/mol. The molecule has 4 rings (SSSR count). The highest BCUT2D eigenvalue weighted by Gasteiger charge is 2.11. The van der Waals surface area contributed by atoms with Gasteiger partial charge in [0.05, 0.1) is 6.26 Å². The summed E-state index contributed by atoms with van der Waals surface area (Å²) in [6.45, 7) is 2.26. The molecule has 0 spiro atoms. The molecule has 2 N–H and O–H groups in total. The van der Waals surface area contributed by atoms with Crippen LogP contribution >= 0.6 is 0 Å². The molecule has 1 aliphatic heterocycles. The summed E-state index contributed by atoms with van der Waals surface area (Å²) < 4.78 is 5.05. The van der Waals surface area contributed by atoms with Gasteiger partial charge in [-0.2, -0.15) is 0 Å². The van der Waals surface area contributed by atoms with Crippen LogP contribution in [0, 0.1) is 0 Å². The fourth-order valence-electron chi connectivity index (χ4n) is 3.11. The van der Waals surface area contributed by atoms with Gasteiger partial charge in [-0.15, -0.1) is 10.2 Å². The van der Waals surface area contributed by atoms with Gasteiger partial charge in [-0.1, -0.05) is 0 Å². The maximum absolute atomic E-state index is 11.9. The van der Waals surface area contributed by atoms with Gasteiger partial charge >= 0.3 is 0 Å². The van der Waals surface area contributed by atoms with E-state index < -0.39 is 0 Å². The number of nitrogens with one attached hydrogen (secondary N) is 2. The molecule has 27 heavy (non-hydrogen) atoms. The van der Waals surface area contributed by atoms with Crippen molar-refractivity contribution in [2.75, 3.05) is 28.6 Å². The molecule has 2 aromatic heterocycles. The average molecular weight is 363 g/mol. The van der Waals surface area contributed by atoms with Crippen molar-refractivity contribution in [3.63, 3.8) is 0 Å². The smallest absolute Gasteiger partial charge is 0.292 e. The Labute approximate surface area is 157 Å². The number of carbonyl (C=O) groups is 1. The fourth-order valence-corrected chi connectivity index (χ4v) is 3.11. The Kier molecular flexibility index (Phi) is 5.00. The molecular weight excluding hydrogens is 342 g/mol. The van der Waals surface area contributed by atoms with Crippen LogP contribution in [0.1, 0.15) is 29.8 Å². The van der Waals surface area contributed by atoms with E-state index >= 15 is 0 Å². The number of benzene rings is 1. The molecule has 1 amide bonds. The van der Waals surface area contributed by atoms with Crippen LogP contribution in [0.2, 0.25) is 0 Å². The SMILES string of the molecule is O=C(Nc1ccc(Nc2ccc(N3CCCCC3)cc2)nn1)c1ccco1. The van der Waals surface area contributed by atoms with Gasteiger partial charge in [0.1, 0.15) is 0 Å². The minimum absolute atomic E-state index is 0.229. The van der Waals surface area contributed by atoms with Crippen molar-refractivity contribution in [2.45, 2.75) is 19.3 Å². The first-order valence-corrected chi connectivity index (χ1v) is 9.08. The lowest BCUT2D eigenvalue weighted by Gasteiger charge is -2.28. The maximum atomic E-state index is 11.9. The lowest BCUT2D eigenvalue weighted by Crippen LogP contribution is -2.29. The van der Waals surface area contributed by atoms with E-state index in [1.165, 1.54) is 31.2 Å². The van der Waals surface area contributed by atoms with E-state index in [-0.39, 0.29) is 11.7 Å². The summed E-state index contributed by atoms with van der Waals surface area (Å²) in [5, 5.41) is 14.0. The molecule has 0 aliphatic carbocycles. The predicted molar refractivity (Wildman–Crippen MR) is 104 cm³/mol. The van der Waals surface area contributed by atoms with Gasteiger partial charge < -0.3 is 20.0 Å². The van der Waals surface area contributed by atoms with Crippen molar-refractivity contribution in [1.82, 2.24) is 10.2 Å². The fraction of sp³-hybridized carbons (Fsp3) is 0.250. The Hall–Kier alpha value is -3.35. The van der Waals surface area contributed by atoms with Crippen LogP contribution in [-0.2, 0) is 0 Å². The number of aromatic nitrogens is 2. The number of hydrogen-bond acceptors (Lipinski definition) is 6. The van der Waals surface area contributed by atoms with Crippen LogP contribution in [-0.4, -0.2) is 29.2 Å². The summed E-state index contributed by atoms with van der Waals surface area (Å²) in [5.74, 6) is 0.843. The Balaban J connectivity index is 1.36. The second-order valence-corrected chi connectivity index (χ2v) is 6.45. The average Bonchev–Trinajstić information content (AvgIpc) is 3.26. The Morgan fingerprint density at radius 1 is 0.926 bits per heavy atom. The molecule has 0 radical (unpaired) electrons. The first kappa shape index (κ1) is 17.1. The summed E-state index contributed by atoms with van der Waals surface area (Å²) in [4.78, 5) is 14.3. The van der Waals surface area contributed by atoms with Crippen LogP contribution in [0.4, 0.5) is 23.0 Å². The van der Waals surface area contributed by atoms with Crippen molar-refractivity contribution in [3.05, 3.63) is 60.6 Å². The zero-order chi connectivity index (χ0) is 18.5. The molecule has 3 heterocycles. The van der Waals surface area contributed by atoms with Crippen molar-refractivity contribution in [1.29, 1.82) is 0 Å². The molecule has 1 fully saturated rings. The van der Waals surface area contributed by atoms with E-state index in [0.717, 1.165) is 18.8 Å². The number of piperidine rings is 1. The first-order valence-electron chi connectivity index (χ1n) is 9.08. The van der Waals surface area contributed by atoms with E-state index in [1.807, 2.05) is 12.1 Å². The zero-order valence-electron chi connectivity index (χ0n) is 14.9. The van der Waals surface area contributed by atoms with Crippen LogP contribution in [0.15, 0.2) is 59.2 Å². The molecule has 1 aromatic carbocycles. The minimum Gasteiger partial charge on any atom is -0.459 e. The normalized spacial score (nSPS) is 14.0. The van der Waals surface area contributed by atoms with E-state index in [9.17, 15) is 4.79 Å². The summed E-state index contributed by atoms with van der Waals surface area (Å²) in [6, 6.07) is 15.0. The highest BCUT2D eigenvalue weighted by Crippen LogP contribution is 2.23. The van der Waals surface area contributed by atoms with E-state index in [1.54, 1.807) is 24.3 Å². The second-order valence-electron chi connectivity index (χ2n) is 6.45. The van der Waals surface area contributed by atoms with Gasteiger partial charge in [-0.3, -0.25) is 4.79 Å². The Morgan fingerprint density at radius 2 is 1.67 bits per heavy atom. The topological polar surface area (TPSA) is 83.3 Å². The number of hydrogen-bond donors (Lipinski definition) is 2. The van der Waals surface area contributed by atoms with Crippen molar-refractivity contribution >= 4 is 28.9 Å². The van der Waals surface area contributed by atoms with Gasteiger partial charge in [0, 0.05) is 24.5 Å². The molecule has 0 bridgehead atoms. The molecule has 7 heteroatoms. The van der Waals surface area contributed by atoms with E-state index in [2.05, 4.69) is 37.9 Å². The number of nitrogens with zero attached hydrogens (tertiary/aromatic N) is 3. The number of furan rings is 1. The highest BCUT2D eigenvalue weighted by atomic mass is 16.3. The summed E-state index contributed by atoms with van der Waals surface area (Å²) in [7, 11) is 0. The highest BCUT2D eigenvalue weighted by molar-refractivity contribution is 6.01. The number of amides is 1. The van der Waals surface area contributed by atoms with E-state index in [4.69, 9.17) is 4.42 Å². The van der Waals surface area contributed by atoms with E-state index in [0.29, 0.717) is 11.6 Å². The third kappa shape index (κ3) is 4.25. The zero-order valence-corrected chi connectivity index (χ0v) is 14.9. The lowest BCUT2D eigenvalue weighted by molar-refractivity contribution is 0.0996. The molecule has 1 aliphatic rings. The molecule has 7 nitrogen and oxygen atoms in total. The quantitative estimate of drug-likeness (QED) is 0.711. The Morgan fingerprint density at radius 3 is 2.33 bits per heavy atom. The molecule has 1 saturated heterocycles. The molecule has 3 aromatic rings. The summed E-state index contributed by atoms with van der Waals surface area (Å²) >= 11 is 0. The van der Waals surface area contributed by atoms with Gasteiger partial charge in [-0.25, -0.2) is 0 Å². The van der Waals surface area contributed by atoms with Crippen LogP contribution in [0.5, 0.6) is 0 Å². The van der Waals surface area contributed by atoms with Gasteiger partial charge in [0.25, 0.3) is 5.91 Å².